The van der Waals surface area contributed by atoms with Crippen molar-refractivity contribution in [2.24, 2.45) is 5.73 Å². The van der Waals surface area contributed by atoms with Crippen molar-refractivity contribution in [3.05, 3.63) is 0 Å². The van der Waals surface area contributed by atoms with E-state index >= 15 is 0 Å². The zero-order chi connectivity index (χ0) is 14.5. The molecule has 110 valence electrons. The molecule has 19 heavy (non-hydrogen) atoms. The number of nitrogens with zero attached hydrogens (tertiary/aromatic N) is 1. The van der Waals surface area contributed by atoms with E-state index in [2.05, 4.69) is 5.32 Å². The third kappa shape index (κ3) is 4.49. The lowest BCUT2D eigenvalue weighted by Gasteiger charge is -2.36. The molecule has 5 nitrogen and oxygen atoms in total. The monoisotopic (exact) mass is 269 g/mol. The van der Waals surface area contributed by atoms with Crippen LogP contribution >= 0.6 is 0 Å². The summed E-state index contributed by atoms with van der Waals surface area (Å²) >= 11 is 0. The average molecular weight is 269 g/mol. The Kier molecular flexibility index (Phi) is 5.79. The summed E-state index contributed by atoms with van der Waals surface area (Å²) in [6, 6.07) is 0.0859. The predicted molar refractivity (Wildman–Crippen MR) is 75.5 cm³/mol. The highest BCUT2D eigenvalue weighted by Crippen LogP contribution is 2.27. The van der Waals surface area contributed by atoms with Crippen LogP contribution in [0.5, 0.6) is 0 Å². The Bertz CT molecular complexity index is 323. The molecule has 1 fully saturated rings. The zero-order valence-electron chi connectivity index (χ0n) is 12.4. The molecule has 1 saturated carbocycles. The first kappa shape index (κ1) is 16.0. The molecule has 0 aliphatic heterocycles. The summed E-state index contributed by atoms with van der Waals surface area (Å²) in [4.78, 5) is 25.8. The number of carbonyl (C=O) groups is 2. The molecule has 1 rings (SSSR count). The van der Waals surface area contributed by atoms with Crippen molar-refractivity contribution in [1.82, 2.24) is 10.2 Å². The molecule has 0 saturated heterocycles. The van der Waals surface area contributed by atoms with E-state index in [1.165, 1.54) is 0 Å². The highest BCUT2D eigenvalue weighted by Gasteiger charge is 2.38. The molecule has 1 aliphatic carbocycles. The number of rotatable bonds is 5. The Morgan fingerprint density at radius 1 is 1.26 bits per heavy atom. The van der Waals surface area contributed by atoms with Gasteiger partial charge in [-0.05, 0) is 33.6 Å². The highest BCUT2D eigenvalue weighted by molar-refractivity contribution is 5.90. The van der Waals surface area contributed by atoms with Crippen LogP contribution in [0.25, 0.3) is 0 Å². The van der Waals surface area contributed by atoms with Crippen LogP contribution in [0, 0.1) is 0 Å². The van der Waals surface area contributed by atoms with E-state index in [4.69, 9.17) is 5.73 Å². The van der Waals surface area contributed by atoms with Crippen LogP contribution in [0.3, 0.4) is 0 Å². The van der Waals surface area contributed by atoms with Crippen molar-refractivity contribution in [2.45, 2.75) is 64.5 Å². The van der Waals surface area contributed by atoms with Gasteiger partial charge in [0.1, 0.15) is 0 Å². The zero-order valence-corrected chi connectivity index (χ0v) is 12.4. The van der Waals surface area contributed by atoms with Gasteiger partial charge in [0.2, 0.25) is 11.8 Å². The van der Waals surface area contributed by atoms with E-state index in [1.54, 1.807) is 4.90 Å². The lowest BCUT2D eigenvalue weighted by atomic mass is 9.81. The van der Waals surface area contributed by atoms with Gasteiger partial charge < -0.3 is 16.0 Å². The third-order valence-electron chi connectivity index (χ3n) is 3.62. The number of hydrogen-bond donors (Lipinski definition) is 2. The van der Waals surface area contributed by atoms with Gasteiger partial charge in [-0.3, -0.25) is 9.59 Å². The minimum atomic E-state index is -0.758. The number of hydrogen-bond acceptors (Lipinski definition) is 3. The summed E-state index contributed by atoms with van der Waals surface area (Å²) in [6.07, 6.45) is 4.60. The SMILES string of the molecule is CCN(CC(=O)NC(C)C)C(=O)C1(N)CCCCC1. The Morgan fingerprint density at radius 3 is 2.32 bits per heavy atom. The molecule has 5 heteroatoms. The molecular formula is C14H27N3O2. The molecule has 0 heterocycles. The molecule has 0 bridgehead atoms. The van der Waals surface area contributed by atoms with Crippen molar-refractivity contribution in [3.63, 3.8) is 0 Å². The van der Waals surface area contributed by atoms with Gasteiger partial charge in [-0.15, -0.1) is 0 Å². The Morgan fingerprint density at radius 2 is 1.84 bits per heavy atom. The van der Waals surface area contributed by atoms with E-state index in [0.29, 0.717) is 6.54 Å². The lowest BCUT2D eigenvalue weighted by molar-refractivity contribution is -0.141. The third-order valence-corrected chi connectivity index (χ3v) is 3.62. The van der Waals surface area contributed by atoms with E-state index in [9.17, 15) is 9.59 Å². The van der Waals surface area contributed by atoms with E-state index in [0.717, 1.165) is 32.1 Å². The fourth-order valence-corrected chi connectivity index (χ4v) is 2.58. The quantitative estimate of drug-likeness (QED) is 0.782. The van der Waals surface area contributed by atoms with Gasteiger partial charge in [-0.1, -0.05) is 19.3 Å². The maximum atomic E-state index is 12.5. The fourth-order valence-electron chi connectivity index (χ4n) is 2.58. The van der Waals surface area contributed by atoms with Gasteiger partial charge in [0, 0.05) is 12.6 Å². The molecule has 3 N–H and O–H groups in total. The van der Waals surface area contributed by atoms with Crippen molar-refractivity contribution < 1.29 is 9.59 Å². The van der Waals surface area contributed by atoms with Gasteiger partial charge in [-0.25, -0.2) is 0 Å². The van der Waals surface area contributed by atoms with Crippen LogP contribution in [-0.2, 0) is 9.59 Å². The second-order valence-corrected chi connectivity index (χ2v) is 5.76. The first-order valence-electron chi connectivity index (χ1n) is 7.26. The van der Waals surface area contributed by atoms with Gasteiger partial charge in [0.25, 0.3) is 0 Å². The van der Waals surface area contributed by atoms with E-state index in [1.807, 2.05) is 20.8 Å². The van der Waals surface area contributed by atoms with Gasteiger partial charge in [0.15, 0.2) is 0 Å². The van der Waals surface area contributed by atoms with Crippen molar-refractivity contribution in [3.8, 4) is 0 Å². The molecule has 0 aromatic carbocycles. The van der Waals surface area contributed by atoms with Gasteiger partial charge >= 0.3 is 0 Å². The molecule has 1 aliphatic rings. The lowest BCUT2D eigenvalue weighted by Crippen LogP contribution is -2.57. The van der Waals surface area contributed by atoms with Gasteiger partial charge in [-0.2, -0.15) is 0 Å². The number of likely N-dealkylation sites (N-methyl/N-ethyl adjacent to an activating group) is 1. The molecule has 0 radical (unpaired) electrons. The minimum Gasteiger partial charge on any atom is -0.352 e. The summed E-state index contributed by atoms with van der Waals surface area (Å²) < 4.78 is 0. The molecule has 0 unspecified atom stereocenters. The van der Waals surface area contributed by atoms with Gasteiger partial charge in [0.05, 0.1) is 12.1 Å². The fraction of sp³-hybridized carbons (Fsp3) is 0.857. The van der Waals surface area contributed by atoms with Crippen molar-refractivity contribution in [2.75, 3.05) is 13.1 Å². The smallest absolute Gasteiger partial charge is 0.243 e. The number of amides is 2. The first-order chi connectivity index (χ1) is 8.89. The molecule has 0 spiro atoms. The maximum Gasteiger partial charge on any atom is 0.243 e. The maximum absolute atomic E-state index is 12.5. The van der Waals surface area contributed by atoms with Crippen LogP contribution in [-0.4, -0.2) is 41.4 Å². The summed E-state index contributed by atoms with van der Waals surface area (Å²) in [5, 5.41) is 2.80. The standard InChI is InChI=1S/C14H27N3O2/c1-4-17(10-12(18)16-11(2)3)13(19)14(15)8-6-5-7-9-14/h11H,4-10,15H2,1-3H3,(H,16,18). The number of nitrogens with one attached hydrogen (secondary N) is 1. The van der Waals surface area contributed by atoms with E-state index in [-0.39, 0.29) is 24.4 Å². The largest absolute Gasteiger partial charge is 0.352 e. The van der Waals surface area contributed by atoms with Crippen LogP contribution in [0.2, 0.25) is 0 Å². The predicted octanol–water partition coefficient (Wildman–Crippen LogP) is 1.02. The Balaban J connectivity index is 2.63. The molecule has 0 aromatic heterocycles. The van der Waals surface area contributed by atoms with Crippen LogP contribution in [0.1, 0.15) is 52.9 Å². The summed E-state index contributed by atoms with van der Waals surface area (Å²) in [7, 11) is 0. The normalized spacial score (nSPS) is 18.2. The van der Waals surface area contributed by atoms with Crippen molar-refractivity contribution >= 4 is 11.8 Å². The average Bonchev–Trinajstić information content (AvgIpc) is 2.35. The Labute approximate surface area is 115 Å². The van der Waals surface area contributed by atoms with E-state index < -0.39 is 5.54 Å². The number of carbonyl (C=O) groups excluding carboxylic acids is 2. The highest BCUT2D eigenvalue weighted by atomic mass is 16.2. The topological polar surface area (TPSA) is 75.4 Å². The van der Waals surface area contributed by atoms with Crippen LogP contribution < -0.4 is 11.1 Å². The second kappa shape index (κ2) is 6.89. The summed E-state index contributed by atoms with van der Waals surface area (Å²) in [5.41, 5.74) is 5.48. The van der Waals surface area contributed by atoms with Crippen LogP contribution in [0.4, 0.5) is 0 Å². The molecule has 2 amide bonds. The van der Waals surface area contributed by atoms with Crippen molar-refractivity contribution in [1.29, 1.82) is 0 Å². The van der Waals surface area contributed by atoms with Crippen LogP contribution in [0.15, 0.2) is 0 Å². The summed E-state index contributed by atoms with van der Waals surface area (Å²) in [5.74, 6) is -0.196. The number of nitrogens with two attached hydrogens (primary N) is 1. The summed E-state index contributed by atoms with van der Waals surface area (Å²) in [6.45, 7) is 6.31. The molecule has 0 aromatic rings. The minimum absolute atomic E-state index is 0.0754. The molecule has 0 atom stereocenters. The first-order valence-corrected chi connectivity index (χ1v) is 7.26. The molecular weight excluding hydrogens is 242 g/mol. The Hall–Kier alpha value is -1.10. The second-order valence-electron chi connectivity index (χ2n) is 5.76.